The van der Waals surface area contributed by atoms with Gasteiger partial charge in [0.1, 0.15) is 6.54 Å². The maximum atomic E-state index is 12.7. The van der Waals surface area contributed by atoms with Gasteiger partial charge in [0.25, 0.3) is 5.91 Å². The number of halogens is 3. The lowest BCUT2D eigenvalue weighted by Crippen LogP contribution is -2.30. The van der Waals surface area contributed by atoms with E-state index in [4.69, 9.17) is 0 Å². The summed E-state index contributed by atoms with van der Waals surface area (Å²) in [6.07, 6.45) is -2.51. The average Bonchev–Trinajstić information content (AvgIpc) is 3.04. The second-order valence-electron chi connectivity index (χ2n) is 5.67. The number of hydrogen-bond acceptors (Lipinski definition) is 5. The van der Waals surface area contributed by atoms with Gasteiger partial charge in [-0.25, -0.2) is 9.67 Å². The number of carbonyl (C=O) groups is 2. The summed E-state index contributed by atoms with van der Waals surface area (Å²) in [5, 5.41) is 6.47. The molecule has 2 rings (SSSR count). The van der Waals surface area contributed by atoms with Gasteiger partial charge in [-0.2, -0.15) is 18.3 Å². The molecule has 0 aromatic carbocycles. The first-order chi connectivity index (χ1) is 12.1. The number of pyridine rings is 1. The summed E-state index contributed by atoms with van der Waals surface area (Å²) in [6.45, 7) is 3.29. The molecule has 0 radical (unpaired) electrons. The number of nitrogens with zero attached hydrogens (tertiary/aromatic N) is 3. The van der Waals surface area contributed by atoms with E-state index in [-0.39, 0.29) is 23.8 Å². The van der Waals surface area contributed by atoms with Crippen molar-refractivity contribution in [3.05, 3.63) is 41.3 Å². The van der Waals surface area contributed by atoms with Crippen molar-refractivity contribution >= 4 is 11.9 Å². The van der Waals surface area contributed by atoms with Crippen LogP contribution in [0.5, 0.6) is 0 Å². The van der Waals surface area contributed by atoms with Crippen LogP contribution >= 0.6 is 0 Å². The second-order valence-corrected chi connectivity index (χ2v) is 5.67. The third kappa shape index (κ3) is 4.19. The lowest BCUT2D eigenvalue weighted by atomic mass is 10.1. The SMILES string of the molecule is COC(=O)CNC(=O)c1cnn(-c2ccc(C(F)(F)F)cn2)c1C(C)C. The van der Waals surface area contributed by atoms with Gasteiger partial charge in [0.05, 0.1) is 30.1 Å². The van der Waals surface area contributed by atoms with E-state index < -0.39 is 23.6 Å². The van der Waals surface area contributed by atoms with Crippen molar-refractivity contribution in [1.29, 1.82) is 0 Å². The molecule has 2 aromatic heterocycles. The Bertz CT molecular complexity index is 798. The Morgan fingerprint density at radius 1 is 1.27 bits per heavy atom. The fraction of sp³-hybridized carbons (Fsp3) is 0.375. The molecule has 0 atom stereocenters. The van der Waals surface area contributed by atoms with Crippen molar-refractivity contribution in [3.8, 4) is 5.82 Å². The number of amides is 1. The number of carbonyl (C=O) groups excluding carboxylic acids is 2. The molecule has 0 aliphatic carbocycles. The highest BCUT2D eigenvalue weighted by molar-refractivity contribution is 5.97. The Balaban J connectivity index is 2.34. The largest absolute Gasteiger partial charge is 0.468 e. The fourth-order valence-electron chi connectivity index (χ4n) is 2.27. The van der Waals surface area contributed by atoms with Gasteiger partial charge in [-0.3, -0.25) is 9.59 Å². The van der Waals surface area contributed by atoms with Crippen LogP contribution in [0, 0.1) is 0 Å². The van der Waals surface area contributed by atoms with Crippen molar-refractivity contribution in [2.24, 2.45) is 0 Å². The third-order valence-corrected chi connectivity index (χ3v) is 3.51. The van der Waals surface area contributed by atoms with Gasteiger partial charge in [0, 0.05) is 6.20 Å². The number of aromatic nitrogens is 3. The number of methoxy groups -OCH3 is 1. The highest BCUT2D eigenvalue weighted by Crippen LogP contribution is 2.29. The van der Waals surface area contributed by atoms with Crippen molar-refractivity contribution in [1.82, 2.24) is 20.1 Å². The maximum absolute atomic E-state index is 12.7. The zero-order chi connectivity index (χ0) is 19.5. The van der Waals surface area contributed by atoms with Gasteiger partial charge in [-0.05, 0) is 18.1 Å². The molecular weight excluding hydrogens is 353 g/mol. The zero-order valence-electron chi connectivity index (χ0n) is 14.3. The number of ether oxygens (including phenoxy) is 1. The summed E-state index contributed by atoms with van der Waals surface area (Å²) < 4.78 is 43.8. The maximum Gasteiger partial charge on any atom is 0.417 e. The molecule has 0 unspecified atom stereocenters. The highest BCUT2D eigenvalue weighted by Gasteiger charge is 2.31. The Morgan fingerprint density at radius 3 is 2.46 bits per heavy atom. The molecule has 0 bridgehead atoms. The topological polar surface area (TPSA) is 86.1 Å². The molecule has 0 fully saturated rings. The molecule has 7 nitrogen and oxygen atoms in total. The van der Waals surface area contributed by atoms with E-state index in [0.717, 1.165) is 6.07 Å². The van der Waals surface area contributed by atoms with E-state index in [9.17, 15) is 22.8 Å². The molecule has 0 spiro atoms. The number of nitrogens with one attached hydrogen (secondary N) is 1. The molecule has 2 heterocycles. The number of hydrogen-bond donors (Lipinski definition) is 1. The van der Waals surface area contributed by atoms with Crippen LogP contribution in [-0.2, 0) is 15.7 Å². The molecule has 2 aromatic rings. The molecule has 0 aliphatic heterocycles. The van der Waals surface area contributed by atoms with Crippen LogP contribution in [0.3, 0.4) is 0 Å². The van der Waals surface area contributed by atoms with Crippen LogP contribution in [0.25, 0.3) is 5.82 Å². The monoisotopic (exact) mass is 370 g/mol. The van der Waals surface area contributed by atoms with Crippen molar-refractivity contribution in [2.45, 2.75) is 25.9 Å². The third-order valence-electron chi connectivity index (χ3n) is 3.51. The van der Waals surface area contributed by atoms with Crippen LogP contribution in [0.2, 0.25) is 0 Å². The molecule has 0 saturated carbocycles. The summed E-state index contributed by atoms with van der Waals surface area (Å²) in [6, 6.07) is 2.07. The first kappa shape index (κ1) is 19.4. The molecular formula is C16H17F3N4O3. The number of alkyl halides is 3. The molecule has 10 heteroatoms. The van der Waals surface area contributed by atoms with Crippen LogP contribution in [0.4, 0.5) is 13.2 Å². The Hall–Kier alpha value is -2.91. The summed E-state index contributed by atoms with van der Waals surface area (Å²) in [5.74, 6) is -1.19. The predicted molar refractivity (Wildman–Crippen MR) is 84.8 cm³/mol. The van der Waals surface area contributed by atoms with E-state index >= 15 is 0 Å². The van der Waals surface area contributed by atoms with E-state index in [1.807, 2.05) is 0 Å². The highest BCUT2D eigenvalue weighted by atomic mass is 19.4. The molecule has 1 N–H and O–H groups in total. The molecule has 26 heavy (non-hydrogen) atoms. The van der Waals surface area contributed by atoms with Crippen molar-refractivity contribution < 1.29 is 27.5 Å². The zero-order valence-corrected chi connectivity index (χ0v) is 14.3. The summed E-state index contributed by atoms with van der Waals surface area (Å²) in [4.78, 5) is 27.2. The minimum absolute atomic E-state index is 0.147. The lowest BCUT2D eigenvalue weighted by Gasteiger charge is -2.13. The smallest absolute Gasteiger partial charge is 0.417 e. The van der Waals surface area contributed by atoms with E-state index in [1.165, 1.54) is 24.1 Å². The summed E-state index contributed by atoms with van der Waals surface area (Å²) in [5.41, 5.74) is -0.222. The Labute approximate surface area is 147 Å². The molecule has 0 aliphatic rings. The number of rotatable bonds is 5. The standard InChI is InChI=1S/C16H17F3N4O3/c1-9(2)14-11(15(25)21-8-13(24)26-3)7-22-23(14)12-5-4-10(6-20-12)16(17,18)19/h4-7,9H,8H2,1-3H3,(H,21,25). The van der Waals surface area contributed by atoms with Gasteiger partial charge in [-0.15, -0.1) is 0 Å². The normalized spacial score (nSPS) is 11.5. The summed E-state index contributed by atoms with van der Waals surface area (Å²) >= 11 is 0. The minimum atomic E-state index is -4.49. The lowest BCUT2D eigenvalue weighted by molar-refractivity contribution is -0.139. The van der Waals surface area contributed by atoms with Crippen LogP contribution in [0.15, 0.2) is 24.5 Å². The van der Waals surface area contributed by atoms with Crippen LogP contribution < -0.4 is 5.32 Å². The Kier molecular flexibility index (Phi) is 5.63. The van der Waals surface area contributed by atoms with Gasteiger partial charge in [0.15, 0.2) is 5.82 Å². The quantitative estimate of drug-likeness (QED) is 0.817. The summed E-state index contributed by atoms with van der Waals surface area (Å²) in [7, 11) is 1.20. The van der Waals surface area contributed by atoms with Gasteiger partial charge < -0.3 is 10.1 Å². The minimum Gasteiger partial charge on any atom is -0.468 e. The second kappa shape index (κ2) is 7.54. The molecule has 140 valence electrons. The van der Waals surface area contributed by atoms with E-state index in [2.05, 4.69) is 20.1 Å². The van der Waals surface area contributed by atoms with E-state index in [1.54, 1.807) is 13.8 Å². The molecule has 0 saturated heterocycles. The van der Waals surface area contributed by atoms with Gasteiger partial charge in [0.2, 0.25) is 0 Å². The first-order valence-corrected chi connectivity index (χ1v) is 7.61. The first-order valence-electron chi connectivity index (χ1n) is 7.61. The fourth-order valence-corrected chi connectivity index (χ4v) is 2.27. The van der Waals surface area contributed by atoms with Crippen LogP contribution in [0.1, 0.15) is 41.4 Å². The van der Waals surface area contributed by atoms with Crippen molar-refractivity contribution in [3.63, 3.8) is 0 Å². The van der Waals surface area contributed by atoms with Crippen molar-refractivity contribution in [2.75, 3.05) is 13.7 Å². The van der Waals surface area contributed by atoms with E-state index in [0.29, 0.717) is 11.9 Å². The predicted octanol–water partition coefficient (Wildman–Crippen LogP) is 2.31. The van der Waals surface area contributed by atoms with Gasteiger partial charge in [-0.1, -0.05) is 13.8 Å². The molecule has 1 amide bonds. The number of esters is 1. The Morgan fingerprint density at radius 2 is 1.96 bits per heavy atom. The van der Waals surface area contributed by atoms with Crippen LogP contribution in [-0.4, -0.2) is 40.3 Å². The average molecular weight is 370 g/mol. The van der Waals surface area contributed by atoms with Gasteiger partial charge >= 0.3 is 12.1 Å².